The van der Waals surface area contributed by atoms with Gasteiger partial charge in [0.25, 0.3) is 0 Å². The molecule has 12 heteroatoms. The maximum Gasteiger partial charge on any atom is 0.336 e. The van der Waals surface area contributed by atoms with Crippen molar-refractivity contribution in [1.82, 2.24) is 13.7 Å². The maximum atomic E-state index is 13.6. The predicted octanol–water partition coefficient (Wildman–Crippen LogP) is 1.86. The van der Waals surface area contributed by atoms with E-state index in [0.717, 1.165) is 23.8 Å². The van der Waals surface area contributed by atoms with Gasteiger partial charge in [-0.05, 0) is 76.0 Å². The lowest BCUT2D eigenvalue weighted by atomic mass is 9.85. The zero-order valence-electron chi connectivity index (χ0n) is 22.2. The summed E-state index contributed by atoms with van der Waals surface area (Å²) >= 11 is 0. The molecule has 0 aromatic carbocycles. The third-order valence-corrected chi connectivity index (χ3v) is 8.87. The highest BCUT2D eigenvalue weighted by Gasteiger charge is 2.30. The minimum atomic E-state index is -0.627. The van der Waals surface area contributed by atoms with Crippen molar-refractivity contribution in [2.45, 2.75) is 115 Å². The van der Waals surface area contributed by atoms with Crippen molar-refractivity contribution in [3.63, 3.8) is 0 Å². The van der Waals surface area contributed by atoms with Crippen LogP contribution in [0.25, 0.3) is 0 Å². The minimum absolute atomic E-state index is 0.0478. The van der Waals surface area contributed by atoms with Crippen molar-refractivity contribution >= 4 is 18.2 Å². The van der Waals surface area contributed by atoms with Gasteiger partial charge < -0.3 is 0 Å². The summed E-state index contributed by atoms with van der Waals surface area (Å²) in [6.07, 6.45) is 13.7. The summed E-state index contributed by atoms with van der Waals surface area (Å²) < 4.78 is 3.55. The van der Waals surface area contributed by atoms with Crippen molar-refractivity contribution in [3.8, 4) is 0 Å². The number of hydrogen-bond acceptors (Lipinski definition) is 9. The van der Waals surface area contributed by atoms with E-state index in [9.17, 15) is 28.8 Å². The maximum absolute atomic E-state index is 13.6. The van der Waals surface area contributed by atoms with Crippen molar-refractivity contribution in [2.75, 3.05) is 0 Å². The summed E-state index contributed by atoms with van der Waals surface area (Å²) in [7, 11) is 0. The van der Waals surface area contributed by atoms with Gasteiger partial charge in [-0.25, -0.2) is 57.4 Å². The Morgan fingerprint density at radius 3 is 1.38 bits per heavy atom. The second-order valence-corrected chi connectivity index (χ2v) is 11.3. The van der Waals surface area contributed by atoms with E-state index in [1.165, 1.54) is 9.13 Å². The summed E-state index contributed by atoms with van der Waals surface area (Å²) in [5, 5.41) is 0. The molecule has 3 fully saturated rings. The topological polar surface area (TPSA) is 154 Å². The Hall–Kier alpha value is -3.45. The minimum Gasteiger partial charge on any atom is -0.247 e. The molecule has 0 N–H and O–H groups in total. The van der Waals surface area contributed by atoms with Gasteiger partial charge in [0, 0.05) is 25.6 Å². The van der Waals surface area contributed by atoms with Crippen LogP contribution in [0.3, 0.4) is 0 Å². The van der Waals surface area contributed by atoms with Gasteiger partial charge in [0.05, 0.1) is 18.1 Å². The summed E-state index contributed by atoms with van der Waals surface area (Å²) in [5.74, 6) is -0.0726. The number of aromatic nitrogens is 3. The molecule has 12 nitrogen and oxygen atoms in total. The van der Waals surface area contributed by atoms with Gasteiger partial charge in [0.2, 0.25) is 18.2 Å². The molecular weight excluding hydrogens is 504 g/mol. The molecule has 0 radical (unpaired) electrons. The van der Waals surface area contributed by atoms with Crippen LogP contribution in [0.4, 0.5) is 0 Å². The molecule has 3 saturated carbocycles. The van der Waals surface area contributed by atoms with Gasteiger partial charge in [-0.15, -0.1) is 0 Å². The smallest absolute Gasteiger partial charge is 0.247 e. The number of hydrogen-bond donors (Lipinski definition) is 0. The quantitative estimate of drug-likeness (QED) is 0.344. The van der Waals surface area contributed by atoms with Gasteiger partial charge in [-0.2, -0.15) is 0 Å². The van der Waals surface area contributed by atoms with Crippen LogP contribution in [0.1, 0.15) is 77.0 Å². The number of aliphatic imine (C=N–C) groups is 3. The van der Waals surface area contributed by atoms with Crippen LogP contribution >= 0.6 is 0 Å². The first-order valence-corrected chi connectivity index (χ1v) is 14.1. The normalized spacial score (nSPS) is 28.9. The van der Waals surface area contributed by atoms with E-state index >= 15 is 0 Å². The summed E-state index contributed by atoms with van der Waals surface area (Å²) in [6, 6.07) is -0.471. The van der Waals surface area contributed by atoms with Crippen LogP contribution in [0.5, 0.6) is 0 Å². The average molecular weight is 541 g/mol. The van der Waals surface area contributed by atoms with Gasteiger partial charge in [0.15, 0.2) is 0 Å². The fourth-order valence-corrected chi connectivity index (χ4v) is 6.60. The van der Waals surface area contributed by atoms with Crippen LogP contribution in [0, 0.1) is 17.8 Å². The summed E-state index contributed by atoms with van der Waals surface area (Å²) in [6.45, 7) is 0.475. The molecule has 4 rings (SSSR count). The first kappa shape index (κ1) is 28.6. The van der Waals surface area contributed by atoms with Gasteiger partial charge >= 0.3 is 17.1 Å². The average Bonchev–Trinajstić information content (AvgIpc) is 2.95. The van der Waals surface area contributed by atoms with Crippen LogP contribution in [0.2, 0.25) is 0 Å². The molecule has 1 aromatic rings. The van der Waals surface area contributed by atoms with Crippen LogP contribution in [0.15, 0.2) is 29.4 Å². The van der Waals surface area contributed by atoms with Gasteiger partial charge in [-0.1, -0.05) is 12.8 Å². The standard InChI is InChI=1S/C27H36N6O6/c34-16-28-22-9-5-19(6-10-22)13-31-25(37)32(14-20-7-11-23(12-8-20)29-17-35)27(39)33(26(31)38)15-21-3-1-2-4-24(21)30-18-36/h19-24H,1-15H2. The Morgan fingerprint density at radius 2 is 0.949 bits per heavy atom. The molecule has 2 atom stereocenters. The zero-order chi connectivity index (χ0) is 27.8. The van der Waals surface area contributed by atoms with Gasteiger partial charge in [0.1, 0.15) is 0 Å². The lowest BCUT2D eigenvalue weighted by Crippen LogP contribution is -2.56. The molecule has 0 aliphatic heterocycles. The Morgan fingerprint density at radius 1 is 0.538 bits per heavy atom. The SMILES string of the molecule is O=C=NC1CCC(Cn2c(=O)n(CC3CCC(N=C=O)CC3)c(=O)n(CC3CCCCC3N=C=O)c2=O)CC1. The molecule has 0 saturated heterocycles. The number of nitrogens with zero attached hydrogens (tertiary/aromatic N) is 6. The third-order valence-electron chi connectivity index (χ3n) is 8.87. The van der Waals surface area contributed by atoms with E-state index in [1.807, 2.05) is 0 Å². The molecule has 210 valence electrons. The van der Waals surface area contributed by atoms with Crippen LogP contribution < -0.4 is 17.1 Å². The Balaban J connectivity index is 1.65. The van der Waals surface area contributed by atoms with Crippen molar-refractivity contribution in [1.29, 1.82) is 0 Å². The lowest BCUT2D eigenvalue weighted by Gasteiger charge is -2.29. The second kappa shape index (κ2) is 13.6. The number of rotatable bonds is 9. The van der Waals surface area contributed by atoms with Crippen LogP contribution in [-0.2, 0) is 34.0 Å². The molecule has 3 aliphatic rings. The molecule has 0 amide bonds. The summed E-state index contributed by atoms with van der Waals surface area (Å²) in [5.41, 5.74) is -1.86. The van der Waals surface area contributed by atoms with Crippen LogP contribution in [-0.4, -0.2) is 50.1 Å². The van der Waals surface area contributed by atoms with Crippen molar-refractivity contribution < 1.29 is 14.4 Å². The van der Waals surface area contributed by atoms with Gasteiger partial charge in [-0.3, -0.25) is 0 Å². The molecular formula is C27H36N6O6. The molecule has 0 bridgehead atoms. The molecule has 2 unspecified atom stereocenters. The Kier molecular flexibility index (Phi) is 9.93. The molecule has 39 heavy (non-hydrogen) atoms. The Labute approximate surface area is 225 Å². The fraction of sp³-hybridized carbons (Fsp3) is 0.778. The van der Waals surface area contributed by atoms with E-state index < -0.39 is 17.1 Å². The van der Waals surface area contributed by atoms with Crippen molar-refractivity contribution in [3.05, 3.63) is 31.5 Å². The Bertz CT molecular complexity index is 1250. The largest absolute Gasteiger partial charge is 0.336 e. The van der Waals surface area contributed by atoms with E-state index in [-0.39, 0.29) is 55.5 Å². The van der Waals surface area contributed by atoms with E-state index in [1.54, 1.807) is 18.2 Å². The monoisotopic (exact) mass is 540 g/mol. The molecule has 0 spiro atoms. The zero-order valence-corrected chi connectivity index (χ0v) is 22.2. The van der Waals surface area contributed by atoms with E-state index in [4.69, 9.17) is 0 Å². The third kappa shape index (κ3) is 6.95. The molecule has 3 aliphatic carbocycles. The number of isocyanates is 3. The highest BCUT2D eigenvalue weighted by Crippen LogP contribution is 2.29. The predicted molar refractivity (Wildman–Crippen MR) is 141 cm³/mol. The molecule has 1 heterocycles. The number of carbonyl (C=O) groups excluding carboxylic acids is 3. The van der Waals surface area contributed by atoms with Crippen molar-refractivity contribution in [2.24, 2.45) is 32.7 Å². The highest BCUT2D eigenvalue weighted by molar-refractivity contribution is 5.34. The lowest BCUT2D eigenvalue weighted by molar-refractivity contribution is 0.239. The summed E-state index contributed by atoms with van der Waals surface area (Å²) in [4.78, 5) is 84.7. The first-order chi connectivity index (χ1) is 18.9. The van der Waals surface area contributed by atoms with E-state index in [0.29, 0.717) is 57.8 Å². The van der Waals surface area contributed by atoms with E-state index in [2.05, 4.69) is 15.0 Å². The first-order valence-electron chi connectivity index (χ1n) is 14.1. The highest BCUT2D eigenvalue weighted by atomic mass is 16.2. The molecule has 1 aromatic heterocycles. The fourth-order valence-electron chi connectivity index (χ4n) is 6.60. The second-order valence-electron chi connectivity index (χ2n) is 11.3.